The van der Waals surface area contributed by atoms with Crippen molar-refractivity contribution in [2.75, 3.05) is 10.6 Å². The number of aromatic nitrogens is 5. The molecule has 3 aromatic heterocycles. The van der Waals surface area contributed by atoms with Crippen molar-refractivity contribution in [1.82, 2.24) is 24.7 Å². The average Bonchev–Trinajstić information content (AvgIpc) is 3.18. The van der Waals surface area contributed by atoms with Gasteiger partial charge in [0.15, 0.2) is 5.82 Å². The van der Waals surface area contributed by atoms with Crippen LogP contribution in [0.1, 0.15) is 38.4 Å². The van der Waals surface area contributed by atoms with Crippen LogP contribution >= 0.6 is 0 Å². The summed E-state index contributed by atoms with van der Waals surface area (Å²) in [4.78, 5) is 36.8. The van der Waals surface area contributed by atoms with Crippen molar-refractivity contribution in [2.24, 2.45) is 18.4 Å². The SMILES string of the molecule is C[C@@H](OC(=O)Nc1c(-c2ncc(NC(=O)[C@]3(C)C[C@@H](C#N)C3)cn2)cnn1C)c1cc(F)cnc1F. The monoisotopic (exact) mass is 496 g/mol. The molecule has 0 bridgehead atoms. The lowest BCUT2D eigenvalue weighted by Gasteiger charge is -2.40. The lowest BCUT2D eigenvalue weighted by Crippen LogP contribution is -2.44. The number of nitriles is 1. The summed E-state index contributed by atoms with van der Waals surface area (Å²) in [6.45, 7) is 3.18. The molecule has 1 aliphatic carbocycles. The zero-order valence-electron chi connectivity index (χ0n) is 19.6. The third kappa shape index (κ3) is 4.97. The van der Waals surface area contributed by atoms with Gasteiger partial charge in [0.1, 0.15) is 17.7 Å². The molecular formula is C23H22F2N8O3. The number of nitrogens with zero attached hydrogens (tertiary/aromatic N) is 6. The predicted octanol–water partition coefficient (Wildman–Crippen LogP) is 3.74. The molecule has 36 heavy (non-hydrogen) atoms. The van der Waals surface area contributed by atoms with E-state index in [9.17, 15) is 18.4 Å². The predicted molar refractivity (Wildman–Crippen MR) is 122 cm³/mol. The van der Waals surface area contributed by atoms with E-state index in [1.54, 1.807) is 14.0 Å². The van der Waals surface area contributed by atoms with Crippen LogP contribution in [0.2, 0.25) is 0 Å². The van der Waals surface area contributed by atoms with E-state index in [4.69, 9.17) is 10.00 Å². The molecule has 1 aliphatic rings. The molecule has 0 radical (unpaired) electrons. The summed E-state index contributed by atoms with van der Waals surface area (Å²) in [6.07, 6.45) is 3.92. The number of nitrogens with one attached hydrogen (secondary N) is 2. The van der Waals surface area contributed by atoms with Crippen LogP contribution in [-0.2, 0) is 16.6 Å². The molecule has 0 unspecified atom stereocenters. The van der Waals surface area contributed by atoms with Gasteiger partial charge in [-0.3, -0.25) is 14.8 Å². The molecule has 0 saturated heterocycles. The van der Waals surface area contributed by atoms with E-state index < -0.39 is 29.4 Å². The zero-order chi connectivity index (χ0) is 26.0. The summed E-state index contributed by atoms with van der Waals surface area (Å²) in [5.74, 6) is -1.63. The first-order valence-electron chi connectivity index (χ1n) is 10.9. The summed E-state index contributed by atoms with van der Waals surface area (Å²) >= 11 is 0. The molecule has 0 spiro atoms. The van der Waals surface area contributed by atoms with Crippen molar-refractivity contribution < 1.29 is 23.1 Å². The molecule has 11 nitrogen and oxygen atoms in total. The van der Waals surface area contributed by atoms with Crippen molar-refractivity contribution in [1.29, 1.82) is 5.26 Å². The summed E-state index contributed by atoms with van der Waals surface area (Å²) in [5.41, 5.74) is -0.0824. The normalized spacial score (nSPS) is 19.5. The molecule has 186 valence electrons. The van der Waals surface area contributed by atoms with Gasteiger partial charge >= 0.3 is 6.09 Å². The Bertz CT molecular complexity index is 1350. The van der Waals surface area contributed by atoms with E-state index in [1.807, 2.05) is 0 Å². The van der Waals surface area contributed by atoms with Crippen LogP contribution in [0.3, 0.4) is 0 Å². The third-order valence-corrected chi connectivity index (χ3v) is 5.99. The molecule has 13 heteroatoms. The Hall–Kier alpha value is -4.47. The smallest absolute Gasteiger partial charge is 0.413 e. The average molecular weight is 496 g/mol. The van der Waals surface area contributed by atoms with Gasteiger partial charge in [-0.15, -0.1) is 0 Å². The molecule has 1 fully saturated rings. The van der Waals surface area contributed by atoms with Gasteiger partial charge in [0.2, 0.25) is 11.9 Å². The number of amides is 2. The maximum Gasteiger partial charge on any atom is 0.413 e. The Morgan fingerprint density at radius 3 is 2.56 bits per heavy atom. The molecule has 1 atom stereocenters. The van der Waals surface area contributed by atoms with Crippen LogP contribution in [0.25, 0.3) is 11.4 Å². The minimum Gasteiger partial charge on any atom is -0.441 e. The lowest BCUT2D eigenvalue weighted by molar-refractivity contribution is -0.130. The summed E-state index contributed by atoms with van der Waals surface area (Å²) in [5, 5.41) is 18.3. The Kier molecular flexibility index (Phi) is 6.61. The van der Waals surface area contributed by atoms with Crippen LogP contribution in [0.4, 0.5) is 25.1 Å². The quantitative estimate of drug-likeness (QED) is 0.491. The number of aryl methyl sites for hydroxylation is 1. The first kappa shape index (κ1) is 24.6. The Morgan fingerprint density at radius 1 is 1.19 bits per heavy atom. The van der Waals surface area contributed by atoms with Gasteiger partial charge < -0.3 is 10.1 Å². The fraction of sp³-hybridized carbons (Fsp3) is 0.348. The van der Waals surface area contributed by atoms with Crippen LogP contribution < -0.4 is 10.6 Å². The highest BCUT2D eigenvalue weighted by Crippen LogP contribution is 2.45. The molecular weight excluding hydrogens is 474 g/mol. The molecule has 4 rings (SSSR count). The van der Waals surface area contributed by atoms with E-state index in [0.29, 0.717) is 24.1 Å². The van der Waals surface area contributed by atoms with Crippen LogP contribution in [-0.4, -0.2) is 36.7 Å². The second kappa shape index (κ2) is 9.65. The van der Waals surface area contributed by atoms with E-state index in [-0.39, 0.29) is 29.0 Å². The fourth-order valence-electron chi connectivity index (χ4n) is 3.94. The number of hydrogen-bond acceptors (Lipinski definition) is 8. The summed E-state index contributed by atoms with van der Waals surface area (Å²) < 4.78 is 33.8. The topological polar surface area (TPSA) is 148 Å². The summed E-state index contributed by atoms with van der Waals surface area (Å²) in [6, 6.07) is 3.06. The second-order valence-electron chi connectivity index (χ2n) is 8.78. The molecule has 2 amide bonds. The zero-order valence-corrected chi connectivity index (χ0v) is 19.6. The van der Waals surface area contributed by atoms with Crippen LogP contribution in [0.15, 0.2) is 30.9 Å². The Labute approximate surface area is 204 Å². The number of halogens is 2. The van der Waals surface area contributed by atoms with E-state index in [0.717, 1.165) is 12.3 Å². The largest absolute Gasteiger partial charge is 0.441 e. The van der Waals surface area contributed by atoms with Crippen molar-refractivity contribution in [3.63, 3.8) is 0 Å². The van der Waals surface area contributed by atoms with E-state index in [2.05, 4.69) is 36.8 Å². The van der Waals surface area contributed by atoms with Crippen molar-refractivity contribution >= 4 is 23.5 Å². The third-order valence-electron chi connectivity index (χ3n) is 5.99. The number of pyridine rings is 1. The number of anilines is 2. The first-order chi connectivity index (χ1) is 17.1. The molecule has 2 N–H and O–H groups in total. The van der Waals surface area contributed by atoms with Gasteiger partial charge in [-0.05, 0) is 25.8 Å². The number of carbonyl (C=O) groups is 2. The minimum absolute atomic E-state index is 0.116. The van der Waals surface area contributed by atoms with Gasteiger partial charge in [-0.1, -0.05) is 6.92 Å². The van der Waals surface area contributed by atoms with Crippen molar-refractivity contribution in [2.45, 2.75) is 32.8 Å². The Balaban J connectivity index is 1.43. The van der Waals surface area contributed by atoms with Gasteiger partial charge in [-0.25, -0.2) is 24.1 Å². The highest BCUT2D eigenvalue weighted by molar-refractivity contribution is 5.95. The summed E-state index contributed by atoms with van der Waals surface area (Å²) in [7, 11) is 1.57. The number of ether oxygens (including phenoxy) is 1. The number of carbonyl (C=O) groups excluding carboxylic acids is 2. The molecule has 0 aliphatic heterocycles. The highest BCUT2D eigenvalue weighted by atomic mass is 19.1. The maximum atomic E-state index is 13.9. The minimum atomic E-state index is -1.12. The second-order valence-corrected chi connectivity index (χ2v) is 8.78. The molecule has 3 heterocycles. The number of rotatable bonds is 6. The fourth-order valence-corrected chi connectivity index (χ4v) is 3.94. The van der Waals surface area contributed by atoms with Crippen molar-refractivity contribution in [3.8, 4) is 17.5 Å². The van der Waals surface area contributed by atoms with Gasteiger partial charge in [0, 0.05) is 18.4 Å². The van der Waals surface area contributed by atoms with Gasteiger partial charge in [-0.2, -0.15) is 14.8 Å². The molecule has 3 aromatic rings. The molecule has 0 aromatic carbocycles. The van der Waals surface area contributed by atoms with Gasteiger partial charge in [0.05, 0.1) is 47.7 Å². The van der Waals surface area contributed by atoms with E-state index >= 15 is 0 Å². The van der Waals surface area contributed by atoms with Crippen LogP contribution in [0.5, 0.6) is 0 Å². The maximum absolute atomic E-state index is 13.9. The standard InChI is InChI=1S/C23H22F2N8O3/c1-12(16-4-14(24)8-27-18(16)25)36-22(35)32-20-17(11-30-33(20)3)19-28-9-15(10-29-19)31-21(34)23(2)5-13(6-23)7-26/h4,8-13H,5-6H2,1-3H3,(H,31,34)(H,32,35)/t12-,13-,23-/m1/s1. The molecule has 1 saturated carbocycles. The van der Waals surface area contributed by atoms with Gasteiger partial charge in [0.25, 0.3) is 0 Å². The highest BCUT2D eigenvalue weighted by Gasteiger charge is 2.46. The lowest BCUT2D eigenvalue weighted by atomic mass is 9.63. The number of hydrogen-bond donors (Lipinski definition) is 2. The first-order valence-corrected chi connectivity index (χ1v) is 10.9. The van der Waals surface area contributed by atoms with Crippen LogP contribution in [0, 0.1) is 34.4 Å². The van der Waals surface area contributed by atoms with Crippen molar-refractivity contribution in [3.05, 3.63) is 48.2 Å². The van der Waals surface area contributed by atoms with E-state index in [1.165, 1.54) is 30.2 Å². The Morgan fingerprint density at radius 2 is 1.89 bits per heavy atom.